The average Bonchev–Trinajstić information content (AvgIpc) is 3.76. The fourth-order valence-corrected chi connectivity index (χ4v) is 12.0. The number of quaternary nitrogens is 2. The minimum atomic E-state index is -4.07. The molecule has 4 aromatic rings. The van der Waals surface area contributed by atoms with Gasteiger partial charge in [0.15, 0.2) is 16.4 Å². The monoisotopic (exact) mass is 1140 g/mol. The predicted molar refractivity (Wildman–Crippen MR) is 302 cm³/mol. The van der Waals surface area contributed by atoms with Gasteiger partial charge in [0.2, 0.25) is 11.0 Å². The Hall–Kier alpha value is -5.87. The Bertz CT molecular complexity index is 3030. The number of pyridine rings is 1. The first-order chi connectivity index (χ1) is 37.2. The number of carbonyl (C=O) groups excluding carboxylic acids is 6. The van der Waals surface area contributed by atoms with Crippen molar-refractivity contribution in [2.75, 3.05) is 77.7 Å². The summed E-state index contributed by atoms with van der Waals surface area (Å²) in [5, 5.41) is 4.76. The third-order valence-corrected chi connectivity index (χ3v) is 17.0. The molecular weight excluding hydrogens is 1050 g/mol. The summed E-state index contributed by atoms with van der Waals surface area (Å²) in [7, 11) is -1.51. The lowest BCUT2D eigenvalue weighted by Gasteiger charge is -2.35. The lowest BCUT2D eigenvalue weighted by Crippen LogP contribution is -2.47. The maximum Gasteiger partial charge on any atom is 0.345 e. The van der Waals surface area contributed by atoms with Gasteiger partial charge in [-0.25, -0.2) is 18.0 Å². The number of sulfone groups is 1. The van der Waals surface area contributed by atoms with Gasteiger partial charge in [0.1, 0.15) is 17.3 Å². The molecule has 434 valence electrons. The van der Waals surface area contributed by atoms with Crippen LogP contribution < -0.4 is 19.4 Å². The third kappa shape index (κ3) is 20.0. The van der Waals surface area contributed by atoms with Gasteiger partial charge in [-0.1, -0.05) is 25.5 Å². The maximum atomic E-state index is 14.7. The summed E-state index contributed by atoms with van der Waals surface area (Å²) < 4.78 is 73.7. The van der Waals surface area contributed by atoms with E-state index in [0.717, 1.165) is 49.8 Å². The number of carbonyl (C=O) groups is 6. The molecule has 0 radical (unpaired) electrons. The normalized spacial score (nSPS) is 14.0. The van der Waals surface area contributed by atoms with Crippen LogP contribution in [-0.4, -0.2) is 155 Å². The number of aryl methyl sites for hydroxylation is 3. The first kappa shape index (κ1) is 64.0. The molecule has 1 aromatic heterocycles. The highest BCUT2D eigenvalue weighted by Gasteiger charge is 2.33. The van der Waals surface area contributed by atoms with Gasteiger partial charge in [0.05, 0.1) is 93.6 Å². The number of aromatic nitrogens is 1. The number of para-hydroxylation sites is 1. The molecule has 2 heterocycles. The molecule has 3 amide bonds. The largest absolute Gasteiger partial charge is 0.491 e. The maximum absolute atomic E-state index is 14.7. The Kier molecular flexibility index (Phi) is 23.5. The van der Waals surface area contributed by atoms with Crippen LogP contribution in [0.2, 0.25) is 0 Å². The van der Waals surface area contributed by atoms with Crippen LogP contribution in [0.4, 0.5) is 0 Å². The lowest BCUT2D eigenvalue weighted by atomic mass is 10.0. The van der Waals surface area contributed by atoms with Crippen molar-refractivity contribution in [1.82, 2.24) is 10.4 Å². The van der Waals surface area contributed by atoms with E-state index in [4.69, 9.17) is 18.9 Å². The van der Waals surface area contributed by atoms with Gasteiger partial charge >= 0.3 is 11.9 Å². The van der Waals surface area contributed by atoms with Gasteiger partial charge in [0.25, 0.3) is 27.8 Å². The number of fused-ring (bicyclic) bond motifs is 2. The average molecular weight is 1140 g/mol. The van der Waals surface area contributed by atoms with Crippen molar-refractivity contribution in [2.24, 2.45) is 0 Å². The Labute approximate surface area is 466 Å². The molecule has 0 bridgehead atoms. The van der Waals surface area contributed by atoms with Crippen molar-refractivity contribution in [2.45, 2.75) is 137 Å². The van der Waals surface area contributed by atoms with Crippen LogP contribution in [0.25, 0.3) is 21.8 Å². The molecule has 1 unspecified atom stereocenters. The number of nitrogens with one attached hydrogen (secondary N) is 1. The van der Waals surface area contributed by atoms with Gasteiger partial charge in [-0.05, 0) is 94.8 Å². The van der Waals surface area contributed by atoms with Gasteiger partial charge < -0.3 is 28.6 Å². The van der Waals surface area contributed by atoms with Crippen molar-refractivity contribution in [3.8, 4) is 11.5 Å². The van der Waals surface area contributed by atoms with Crippen molar-refractivity contribution in [1.29, 1.82) is 0 Å². The minimum absolute atomic E-state index is 0.0221. The van der Waals surface area contributed by atoms with E-state index in [-0.39, 0.29) is 73.6 Å². The van der Waals surface area contributed by atoms with E-state index in [0.29, 0.717) is 117 Å². The van der Waals surface area contributed by atoms with Crippen LogP contribution in [0.5, 0.6) is 11.5 Å². The van der Waals surface area contributed by atoms with Gasteiger partial charge in [-0.15, -0.1) is 5.06 Å². The highest BCUT2D eigenvalue weighted by atomic mass is 32.2. The Balaban J connectivity index is 1.19. The number of imide groups is 1. The number of amides is 3. The van der Waals surface area contributed by atoms with E-state index >= 15 is 0 Å². The molecule has 79 heavy (non-hydrogen) atoms. The molecule has 2 N–H and O–H groups in total. The highest BCUT2D eigenvalue weighted by molar-refractivity contribution is 7.91. The van der Waals surface area contributed by atoms with Gasteiger partial charge in [-0.3, -0.25) is 23.7 Å². The van der Waals surface area contributed by atoms with Crippen molar-refractivity contribution < 1.29 is 78.0 Å². The first-order valence-corrected chi connectivity index (χ1v) is 31.2. The first-order valence-electron chi connectivity index (χ1n) is 27.8. The summed E-state index contributed by atoms with van der Waals surface area (Å²) in [6.07, 6.45) is 6.03. The Morgan fingerprint density at radius 2 is 1.33 bits per heavy atom. The number of benzene rings is 3. The number of esters is 1. The second-order valence-corrected chi connectivity index (χ2v) is 26.1. The van der Waals surface area contributed by atoms with E-state index in [9.17, 15) is 45.6 Å². The number of rotatable bonds is 34. The molecule has 0 aliphatic carbocycles. The zero-order valence-corrected chi connectivity index (χ0v) is 49.2. The third-order valence-electron chi connectivity index (χ3n) is 14.4. The second-order valence-electron chi connectivity index (χ2n) is 22.2. The molecule has 5 rings (SSSR count). The molecule has 3 aromatic carbocycles. The van der Waals surface area contributed by atoms with E-state index in [1.165, 1.54) is 0 Å². The topological polar surface area (TPSA) is 238 Å². The van der Waals surface area contributed by atoms with E-state index in [2.05, 4.69) is 19.3 Å². The summed E-state index contributed by atoms with van der Waals surface area (Å²) in [6, 6.07) is 16.4. The van der Waals surface area contributed by atoms with Crippen LogP contribution in [0, 0.1) is 13.8 Å². The zero-order chi connectivity index (χ0) is 58.1. The van der Waals surface area contributed by atoms with Crippen LogP contribution in [0.1, 0.15) is 143 Å². The van der Waals surface area contributed by atoms with Gasteiger partial charge in [-0.2, -0.15) is 13.0 Å². The Morgan fingerprint density at radius 1 is 0.722 bits per heavy atom. The molecule has 1 aliphatic rings. The number of unbranched alkanes of at least 4 members (excludes halogenated alkanes) is 2. The van der Waals surface area contributed by atoms with Crippen molar-refractivity contribution in [3.05, 3.63) is 76.9 Å². The van der Waals surface area contributed by atoms with Crippen molar-refractivity contribution >= 4 is 77.2 Å². The smallest absolute Gasteiger partial charge is 0.345 e. The van der Waals surface area contributed by atoms with E-state index in [1.807, 2.05) is 75.0 Å². The van der Waals surface area contributed by atoms with Crippen molar-refractivity contribution in [3.63, 3.8) is 0 Å². The Morgan fingerprint density at radius 3 is 1.99 bits per heavy atom. The van der Waals surface area contributed by atoms with Crippen LogP contribution >= 0.6 is 0 Å². The summed E-state index contributed by atoms with van der Waals surface area (Å²) in [5.41, 5.74) is 3.34. The van der Waals surface area contributed by atoms with Crippen LogP contribution in [-0.2, 0) is 50.5 Å². The molecular formula is C58H84N5O14S2+3. The zero-order valence-electron chi connectivity index (χ0n) is 47.6. The second kappa shape index (κ2) is 29.0. The SMILES string of the molecule is CCCC[N+](C)(CCCCC(=O)CCCC(=O)ON1C(=O)CCC1=O)CCCNC(=O)c1cc(C)c(OC(=O)c2c3ccccc3[n+](CCCS(=O)(=O)CCC[N+](C)(C)CCCS(=O)(=O)O)c3ccc(OC(C)C)cc23)c(C)c1. The molecule has 1 aliphatic heterocycles. The van der Waals surface area contributed by atoms with E-state index < -0.39 is 43.7 Å². The van der Waals surface area contributed by atoms with Gasteiger partial charge in [0, 0.05) is 82.0 Å². The van der Waals surface area contributed by atoms with E-state index in [1.54, 1.807) is 26.0 Å². The number of ether oxygens (including phenoxy) is 2. The lowest BCUT2D eigenvalue weighted by molar-refractivity contribution is -0.910. The standard InChI is InChI=1S/C58H82N5O14S2/c1-9-10-33-63(8,34-14-13-20-46(64)21-15-24-54(67)77-61-52(65)27-28-53(61)66)35-16-29-59-57(68)45-39-43(4)56(44(5)40-45)76-58(69)55-48-22-11-12-23-50(48)60(51-26-25-47(41-49(51)55)75-42(2)3)30-17-36-78(70,71)37-18-31-62(6,7)32-19-38-79(72,73)74/h11-12,22-23,25-26,39-42H,9-10,13-21,24,27-38H2,1-8H3/q+1/p+2. The molecule has 19 nitrogen and oxygen atoms in total. The number of hydroxylamine groups is 2. The quantitative estimate of drug-likeness (QED) is 0.00681. The van der Waals surface area contributed by atoms with Crippen LogP contribution in [0.3, 0.4) is 0 Å². The summed E-state index contributed by atoms with van der Waals surface area (Å²) in [5.74, 6) is -2.15. The molecule has 0 saturated carbocycles. The molecule has 1 fully saturated rings. The van der Waals surface area contributed by atoms with Crippen LogP contribution in [0.15, 0.2) is 54.6 Å². The highest BCUT2D eigenvalue weighted by Crippen LogP contribution is 2.32. The summed E-state index contributed by atoms with van der Waals surface area (Å²) >= 11 is 0. The fourth-order valence-electron chi connectivity index (χ4n) is 10.2. The molecule has 0 spiro atoms. The number of nitrogens with zero attached hydrogens (tertiary/aromatic N) is 4. The fraction of sp³-hybridized carbons (Fsp3) is 0.569. The number of hydrogen-bond acceptors (Lipinski definition) is 13. The molecule has 21 heteroatoms. The summed E-state index contributed by atoms with van der Waals surface area (Å²) in [4.78, 5) is 81.3. The summed E-state index contributed by atoms with van der Waals surface area (Å²) in [6.45, 7) is 14.0. The number of ketones is 1. The molecule has 1 saturated heterocycles. The number of hydrogen-bond donors (Lipinski definition) is 2. The number of Topliss-reactive ketones (excluding diaryl/α,β-unsaturated/α-hetero) is 1. The molecule has 1 atom stereocenters. The minimum Gasteiger partial charge on any atom is -0.491 e. The predicted octanol–water partition coefficient (Wildman–Crippen LogP) is 7.34.